The fourth-order valence-corrected chi connectivity index (χ4v) is 3.20. The van der Waals surface area contributed by atoms with E-state index in [2.05, 4.69) is 15.5 Å². The highest BCUT2D eigenvalue weighted by molar-refractivity contribution is 6.06. The van der Waals surface area contributed by atoms with Gasteiger partial charge in [-0.25, -0.2) is 4.98 Å². The average Bonchev–Trinajstić information content (AvgIpc) is 3.12. The van der Waals surface area contributed by atoms with Gasteiger partial charge in [-0.2, -0.15) is 0 Å². The molecule has 9 heteroatoms. The topological polar surface area (TPSA) is 113 Å². The van der Waals surface area contributed by atoms with Crippen molar-refractivity contribution in [2.75, 3.05) is 21.3 Å². The van der Waals surface area contributed by atoms with E-state index < -0.39 is 12.0 Å². The maximum absolute atomic E-state index is 13.2. The quantitative estimate of drug-likeness (QED) is 0.588. The number of rotatable bonds is 7. The van der Waals surface area contributed by atoms with Crippen LogP contribution in [0.2, 0.25) is 0 Å². The van der Waals surface area contributed by atoms with E-state index in [1.54, 1.807) is 38.1 Å². The largest absolute Gasteiger partial charge is 0.493 e. The minimum Gasteiger partial charge on any atom is -0.493 e. The first-order valence-corrected chi connectivity index (χ1v) is 9.21. The molecule has 1 amide bonds. The number of ether oxygens (including phenoxy) is 3. The van der Waals surface area contributed by atoms with Gasteiger partial charge in [-0.15, -0.1) is 0 Å². The first-order chi connectivity index (χ1) is 14.4. The minimum absolute atomic E-state index is 0.0620. The number of hydrogen-bond acceptors (Lipinski definition) is 8. The summed E-state index contributed by atoms with van der Waals surface area (Å²) in [5.74, 6) is 0.167. The van der Waals surface area contributed by atoms with Crippen LogP contribution in [-0.2, 0) is 9.53 Å². The highest BCUT2D eigenvalue weighted by Crippen LogP contribution is 2.31. The number of pyridine rings is 1. The Morgan fingerprint density at radius 3 is 2.50 bits per heavy atom. The van der Waals surface area contributed by atoms with E-state index in [1.165, 1.54) is 21.3 Å². The molecular weight excluding hydrogens is 390 g/mol. The van der Waals surface area contributed by atoms with E-state index in [1.807, 2.05) is 0 Å². The number of aromatic nitrogens is 2. The highest BCUT2D eigenvalue weighted by atomic mass is 16.5. The summed E-state index contributed by atoms with van der Waals surface area (Å²) < 4.78 is 20.6. The lowest BCUT2D eigenvalue weighted by Crippen LogP contribution is -2.31. The molecule has 3 rings (SSSR count). The van der Waals surface area contributed by atoms with E-state index >= 15 is 0 Å². The molecule has 0 radical (unpaired) electrons. The highest BCUT2D eigenvalue weighted by Gasteiger charge is 2.24. The number of amides is 1. The number of nitrogens with one attached hydrogen (secondary N) is 1. The summed E-state index contributed by atoms with van der Waals surface area (Å²) in [4.78, 5) is 29.4. The number of esters is 1. The summed E-state index contributed by atoms with van der Waals surface area (Å²) in [5.41, 5.74) is 2.48. The smallest absolute Gasteiger partial charge is 0.307 e. The summed E-state index contributed by atoms with van der Waals surface area (Å²) in [6, 6.07) is 6.18. The Bertz CT molecular complexity index is 1090. The van der Waals surface area contributed by atoms with E-state index in [-0.39, 0.29) is 18.0 Å². The number of aryl methyl sites for hydroxylation is 2. The second kappa shape index (κ2) is 8.81. The zero-order valence-corrected chi connectivity index (χ0v) is 17.4. The minimum atomic E-state index is -0.659. The molecule has 9 nitrogen and oxygen atoms in total. The van der Waals surface area contributed by atoms with Crippen LogP contribution < -0.4 is 14.8 Å². The van der Waals surface area contributed by atoms with Crippen LogP contribution in [0.15, 0.2) is 28.8 Å². The first kappa shape index (κ1) is 21.1. The summed E-state index contributed by atoms with van der Waals surface area (Å²) >= 11 is 0. The van der Waals surface area contributed by atoms with Gasteiger partial charge >= 0.3 is 5.97 Å². The Morgan fingerprint density at radius 1 is 1.10 bits per heavy atom. The van der Waals surface area contributed by atoms with Crippen molar-refractivity contribution in [2.24, 2.45) is 0 Å². The van der Waals surface area contributed by atoms with E-state index in [0.717, 1.165) is 0 Å². The number of carbonyl (C=O) groups excluding carboxylic acids is 2. The van der Waals surface area contributed by atoms with Crippen LogP contribution in [0.1, 0.15) is 39.8 Å². The number of carbonyl (C=O) groups is 2. The van der Waals surface area contributed by atoms with Gasteiger partial charge in [0, 0.05) is 5.69 Å². The fraction of sp³-hybridized carbons (Fsp3) is 0.333. The molecule has 0 fully saturated rings. The third kappa shape index (κ3) is 4.19. The Labute approximate surface area is 173 Å². The van der Waals surface area contributed by atoms with Crippen LogP contribution >= 0.6 is 0 Å². The van der Waals surface area contributed by atoms with Crippen molar-refractivity contribution in [3.05, 3.63) is 46.8 Å². The molecule has 0 aliphatic rings. The predicted octanol–water partition coefficient (Wildman–Crippen LogP) is 2.89. The number of benzene rings is 1. The van der Waals surface area contributed by atoms with Crippen molar-refractivity contribution in [1.29, 1.82) is 0 Å². The molecule has 0 bridgehead atoms. The zero-order valence-electron chi connectivity index (χ0n) is 17.4. The number of methoxy groups -OCH3 is 3. The molecule has 1 atom stereocenters. The van der Waals surface area contributed by atoms with Crippen molar-refractivity contribution < 1.29 is 28.3 Å². The number of hydrogen-bond donors (Lipinski definition) is 1. The lowest BCUT2D eigenvalue weighted by atomic mass is 10.0. The van der Waals surface area contributed by atoms with Gasteiger partial charge in [-0.1, -0.05) is 11.2 Å². The number of fused-ring (bicyclic) bond motifs is 1. The van der Waals surface area contributed by atoms with Gasteiger partial charge in [0.05, 0.1) is 50.4 Å². The molecule has 0 saturated heterocycles. The van der Waals surface area contributed by atoms with Gasteiger partial charge in [-0.05, 0) is 37.6 Å². The van der Waals surface area contributed by atoms with Crippen molar-refractivity contribution in [3.63, 3.8) is 0 Å². The molecule has 2 aromatic heterocycles. The summed E-state index contributed by atoms with van der Waals surface area (Å²) in [6.45, 7) is 3.49. The van der Waals surface area contributed by atoms with Gasteiger partial charge in [0.1, 0.15) is 0 Å². The molecule has 158 valence electrons. The van der Waals surface area contributed by atoms with Crippen molar-refractivity contribution in [3.8, 4) is 11.5 Å². The van der Waals surface area contributed by atoms with Crippen LogP contribution in [-0.4, -0.2) is 43.3 Å². The maximum atomic E-state index is 13.2. The van der Waals surface area contributed by atoms with E-state index in [0.29, 0.717) is 39.4 Å². The molecule has 0 spiro atoms. The molecule has 0 saturated carbocycles. The van der Waals surface area contributed by atoms with Crippen LogP contribution in [0.4, 0.5) is 0 Å². The van der Waals surface area contributed by atoms with Gasteiger partial charge in [-0.3, -0.25) is 9.59 Å². The predicted molar refractivity (Wildman–Crippen MR) is 108 cm³/mol. The van der Waals surface area contributed by atoms with Crippen molar-refractivity contribution >= 4 is 23.0 Å². The molecule has 0 aliphatic heterocycles. The van der Waals surface area contributed by atoms with E-state index in [9.17, 15) is 9.59 Å². The molecule has 1 N–H and O–H groups in total. The first-order valence-electron chi connectivity index (χ1n) is 9.21. The molecular formula is C21H23N3O6. The monoisotopic (exact) mass is 413 g/mol. The van der Waals surface area contributed by atoms with Gasteiger partial charge < -0.3 is 24.1 Å². The molecule has 0 aliphatic carbocycles. The second-order valence-electron chi connectivity index (χ2n) is 6.68. The lowest BCUT2D eigenvalue weighted by molar-refractivity contribution is -0.141. The average molecular weight is 413 g/mol. The fourth-order valence-electron chi connectivity index (χ4n) is 3.20. The number of nitrogens with zero attached hydrogens (tertiary/aromatic N) is 2. The van der Waals surface area contributed by atoms with Crippen LogP contribution in [0, 0.1) is 13.8 Å². The van der Waals surface area contributed by atoms with Gasteiger partial charge in [0.25, 0.3) is 11.6 Å². The normalized spacial score (nSPS) is 11.8. The Morgan fingerprint density at radius 2 is 1.83 bits per heavy atom. The molecule has 0 unspecified atom stereocenters. The van der Waals surface area contributed by atoms with Crippen molar-refractivity contribution in [2.45, 2.75) is 26.3 Å². The third-order valence-electron chi connectivity index (χ3n) is 4.70. The Kier molecular flexibility index (Phi) is 6.20. The van der Waals surface area contributed by atoms with Crippen LogP contribution in [0.3, 0.4) is 0 Å². The van der Waals surface area contributed by atoms with Crippen LogP contribution in [0.25, 0.3) is 11.1 Å². The zero-order chi connectivity index (χ0) is 21.8. The Hall–Kier alpha value is -3.62. The van der Waals surface area contributed by atoms with Crippen LogP contribution in [0.5, 0.6) is 11.5 Å². The lowest BCUT2D eigenvalue weighted by Gasteiger charge is -2.20. The molecule has 2 heterocycles. The summed E-state index contributed by atoms with van der Waals surface area (Å²) in [7, 11) is 4.34. The molecule has 30 heavy (non-hydrogen) atoms. The maximum Gasteiger partial charge on any atom is 0.307 e. The SMILES string of the molecule is COC(=O)C[C@H](NC(=O)c1cc(C)nc2onc(C)c12)c1ccc(OC)c(OC)c1. The standard InChI is InChI=1S/C21H23N3O6/c1-11-8-14(19-12(2)24-30-21(19)22-11)20(26)23-15(10-18(25)29-5)13-6-7-16(27-3)17(9-13)28-4/h6-9,15H,10H2,1-5H3,(H,23,26)/t15-/m0/s1. The van der Waals surface area contributed by atoms with Gasteiger partial charge in [0.2, 0.25) is 0 Å². The third-order valence-corrected chi connectivity index (χ3v) is 4.70. The molecule has 3 aromatic rings. The second-order valence-corrected chi connectivity index (χ2v) is 6.68. The summed E-state index contributed by atoms with van der Waals surface area (Å²) in [6.07, 6.45) is -0.0620. The molecule has 1 aromatic carbocycles. The Balaban J connectivity index is 1.99. The van der Waals surface area contributed by atoms with E-state index in [4.69, 9.17) is 18.7 Å². The van der Waals surface area contributed by atoms with Crippen molar-refractivity contribution in [1.82, 2.24) is 15.5 Å². The summed E-state index contributed by atoms with van der Waals surface area (Å²) in [5, 5.41) is 7.34. The van der Waals surface area contributed by atoms with Gasteiger partial charge in [0.15, 0.2) is 11.5 Å².